The molecule has 0 aliphatic heterocycles. The first-order chi connectivity index (χ1) is 17.9. The van der Waals surface area contributed by atoms with Gasteiger partial charge in [0.25, 0.3) is 0 Å². The fourth-order valence-corrected chi connectivity index (χ4v) is 3.99. The summed E-state index contributed by atoms with van der Waals surface area (Å²) in [7, 11) is 2.89. The van der Waals surface area contributed by atoms with E-state index in [4.69, 9.17) is 19.3 Å². The summed E-state index contributed by atoms with van der Waals surface area (Å²) in [5, 5.41) is 19.5. The van der Waals surface area contributed by atoms with Crippen LogP contribution < -0.4 is 14.2 Å². The zero-order chi connectivity index (χ0) is 26.5. The Morgan fingerprint density at radius 1 is 0.946 bits per heavy atom. The Morgan fingerprint density at radius 3 is 2.30 bits per heavy atom. The van der Waals surface area contributed by atoms with Crippen LogP contribution in [0.2, 0.25) is 0 Å². The van der Waals surface area contributed by atoms with Crippen molar-refractivity contribution in [3.05, 3.63) is 89.1 Å². The Hall–Kier alpha value is -4.85. The van der Waals surface area contributed by atoms with Gasteiger partial charge in [0, 0.05) is 29.3 Å². The molecule has 0 atom stereocenters. The number of ketones is 1. The van der Waals surface area contributed by atoms with E-state index in [0.717, 1.165) is 11.6 Å². The third kappa shape index (κ3) is 5.23. The molecule has 0 saturated carbocycles. The summed E-state index contributed by atoms with van der Waals surface area (Å²) in [5.74, 6) is -0.413. The monoisotopic (exact) mass is 499 g/mol. The van der Waals surface area contributed by atoms with E-state index in [1.165, 1.54) is 38.6 Å². The lowest BCUT2D eigenvalue weighted by atomic mass is 9.96. The van der Waals surface area contributed by atoms with Gasteiger partial charge in [-0.1, -0.05) is 31.2 Å². The number of phenols is 1. The van der Waals surface area contributed by atoms with Crippen LogP contribution in [0.5, 0.6) is 28.7 Å². The number of ether oxygens (including phenoxy) is 3. The molecule has 8 nitrogen and oxygen atoms in total. The molecule has 4 aromatic rings. The van der Waals surface area contributed by atoms with Gasteiger partial charge in [0.15, 0.2) is 17.3 Å². The quantitative estimate of drug-likeness (QED) is 0.225. The number of pyridine rings is 1. The van der Waals surface area contributed by atoms with Crippen LogP contribution in [0.3, 0.4) is 0 Å². The summed E-state index contributed by atoms with van der Waals surface area (Å²) in [6.07, 6.45) is 4.49. The fourth-order valence-electron chi connectivity index (χ4n) is 3.99. The van der Waals surface area contributed by atoms with Crippen molar-refractivity contribution >= 4 is 28.7 Å². The molecule has 0 fully saturated rings. The van der Waals surface area contributed by atoms with Crippen molar-refractivity contribution in [1.82, 2.24) is 4.98 Å². The summed E-state index contributed by atoms with van der Waals surface area (Å²) in [4.78, 5) is 29.1. The van der Waals surface area contributed by atoms with Crippen molar-refractivity contribution in [2.24, 2.45) is 0 Å². The van der Waals surface area contributed by atoms with Crippen LogP contribution in [0.15, 0.2) is 66.9 Å². The van der Waals surface area contributed by atoms with Crippen molar-refractivity contribution < 1.29 is 34.0 Å². The smallest absolute Gasteiger partial charge is 0.328 e. The van der Waals surface area contributed by atoms with E-state index in [2.05, 4.69) is 4.98 Å². The fraction of sp³-hybridized carbons (Fsp3) is 0.138. The van der Waals surface area contributed by atoms with Gasteiger partial charge in [-0.25, -0.2) is 4.79 Å². The lowest BCUT2D eigenvalue weighted by Crippen LogP contribution is -2.08. The van der Waals surface area contributed by atoms with Crippen molar-refractivity contribution in [1.29, 1.82) is 0 Å². The maximum absolute atomic E-state index is 13.8. The van der Waals surface area contributed by atoms with Crippen LogP contribution in [-0.4, -0.2) is 41.2 Å². The number of hydrogen-bond donors (Lipinski definition) is 2. The van der Waals surface area contributed by atoms with Crippen LogP contribution in [0.1, 0.15) is 34.0 Å². The van der Waals surface area contributed by atoms with E-state index in [-0.39, 0.29) is 40.1 Å². The normalized spacial score (nSPS) is 11.0. The molecule has 0 saturated heterocycles. The van der Waals surface area contributed by atoms with Crippen LogP contribution in [0.4, 0.5) is 0 Å². The molecular weight excluding hydrogens is 474 g/mol. The highest BCUT2D eigenvalue weighted by atomic mass is 16.5. The number of carboxylic acids is 1. The number of nitrogens with zero attached hydrogens (tertiary/aromatic N) is 1. The van der Waals surface area contributed by atoms with E-state index in [9.17, 15) is 14.7 Å². The van der Waals surface area contributed by atoms with Crippen molar-refractivity contribution in [3.63, 3.8) is 0 Å². The first-order valence-electron chi connectivity index (χ1n) is 11.5. The SMILES string of the molecule is CCc1ccccc1C(=O)c1cnc2cc(O)ccc2c1Oc1c(OC)cc(/C=C/C(=O)O)cc1OC. The molecule has 1 heterocycles. The van der Waals surface area contributed by atoms with Crippen molar-refractivity contribution in [2.75, 3.05) is 14.2 Å². The van der Waals surface area contributed by atoms with Crippen LogP contribution in [-0.2, 0) is 11.2 Å². The second-order valence-corrected chi connectivity index (χ2v) is 8.07. The average Bonchev–Trinajstić information content (AvgIpc) is 2.91. The summed E-state index contributed by atoms with van der Waals surface area (Å²) < 4.78 is 17.4. The highest BCUT2D eigenvalue weighted by molar-refractivity contribution is 6.14. The predicted octanol–water partition coefficient (Wildman–Crippen LogP) is 5.64. The topological polar surface area (TPSA) is 115 Å². The number of hydrogen-bond acceptors (Lipinski definition) is 7. The lowest BCUT2D eigenvalue weighted by molar-refractivity contribution is -0.131. The van der Waals surface area contributed by atoms with Gasteiger partial charge in [-0.15, -0.1) is 0 Å². The number of rotatable bonds is 9. The van der Waals surface area contributed by atoms with Gasteiger partial charge >= 0.3 is 5.97 Å². The minimum absolute atomic E-state index is 0.0195. The largest absolute Gasteiger partial charge is 0.508 e. The van der Waals surface area contributed by atoms with Gasteiger partial charge in [-0.05, 0) is 47.9 Å². The van der Waals surface area contributed by atoms with Gasteiger partial charge in [-0.3, -0.25) is 9.78 Å². The number of aryl methyl sites for hydroxylation is 1. The standard InChI is InChI=1S/C29H25NO7/c1-4-18-7-5-6-8-20(18)27(34)22-16-30-23-15-19(31)10-11-21(23)28(22)37-29-24(35-2)13-17(9-12-26(32)33)14-25(29)36-3/h5-16,31H,4H2,1-3H3,(H,32,33)/b12-9+. The molecule has 0 aliphatic rings. The maximum Gasteiger partial charge on any atom is 0.328 e. The number of methoxy groups -OCH3 is 2. The Kier molecular flexibility index (Phi) is 7.39. The minimum Gasteiger partial charge on any atom is -0.508 e. The molecule has 1 aromatic heterocycles. The molecule has 188 valence electrons. The molecule has 0 aliphatic carbocycles. The number of fused-ring (bicyclic) bond motifs is 1. The molecule has 0 bridgehead atoms. The van der Waals surface area contributed by atoms with Crippen LogP contribution >= 0.6 is 0 Å². The second-order valence-electron chi connectivity index (χ2n) is 8.07. The number of benzene rings is 3. The third-order valence-electron chi connectivity index (χ3n) is 5.80. The molecule has 0 radical (unpaired) electrons. The Balaban J connectivity index is 1.93. The zero-order valence-corrected chi connectivity index (χ0v) is 20.5. The number of aliphatic carboxylic acids is 1. The number of phenolic OH excluding ortho intramolecular Hbond substituents is 1. The van der Waals surface area contributed by atoms with Gasteiger partial charge < -0.3 is 24.4 Å². The van der Waals surface area contributed by atoms with Crippen LogP contribution in [0, 0.1) is 0 Å². The van der Waals surface area contributed by atoms with Crippen LogP contribution in [0.25, 0.3) is 17.0 Å². The lowest BCUT2D eigenvalue weighted by Gasteiger charge is -2.18. The molecule has 8 heteroatoms. The average molecular weight is 500 g/mol. The Labute approximate surface area is 213 Å². The number of carbonyl (C=O) groups excluding carboxylic acids is 1. The number of carboxylic acid groups (broad SMARTS) is 1. The van der Waals surface area contributed by atoms with Gasteiger partial charge in [-0.2, -0.15) is 0 Å². The van der Waals surface area contributed by atoms with Gasteiger partial charge in [0.2, 0.25) is 5.75 Å². The number of aromatic hydroxyl groups is 1. The minimum atomic E-state index is -1.10. The second kappa shape index (κ2) is 10.8. The highest BCUT2D eigenvalue weighted by Gasteiger charge is 2.24. The van der Waals surface area contributed by atoms with E-state index in [0.29, 0.717) is 28.5 Å². The summed E-state index contributed by atoms with van der Waals surface area (Å²) >= 11 is 0. The molecular formula is C29H25NO7. The third-order valence-corrected chi connectivity index (χ3v) is 5.80. The number of aromatic nitrogens is 1. The van der Waals surface area contributed by atoms with Crippen molar-refractivity contribution in [3.8, 4) is 28.7 Å². The number of carbonyl (C=O) groups is 2. The molecule has 0 unspecified atom stereocenters. The molecule has 4 rings (SSSR count). The Morgan fingerprint density at radius 2 is 1.65 bits per heavy atom. The predicted molar refractivity (Wildman–Crippen MR) is 139 cm³/mol. The molecule has 37 heavy (non-hydrogen) atoms. The molecule has 0 amide bonds. The summed E-state index contributed by atoms with van der Waals surface area (Å²) in [5.41, 5.74) is 2.57. The van der Waals surface area contributed by atoms with Gasteiger partial charge in [0.1, 0.15) is 11.5 Å². The van der Waals surface area contributed by atoms with Gasteiger partial charge in [0.05, 0.1) is 25.3 Å². The first kappa shape index (κ1) is 25.2. The van der Waals surface area contributed by atoms with E-state index < -0.39 is 5.97 Å². The Bertz CT molecular complexity index is 1500. The molecule has 3 aromatic carbocycles. The van der Waals surface area contributed by atoms with E-state index >= 15 is 0 Å². The maximum atomic E-state index is 13.8. The van der Waals surface area contributed by atoms with Crippen molar-refractivity contribution in [2.45, 2.75) is 13.3 Å². The highest BCUT2D eigenvalue weighted by Crippen LogP contribution is 2.44. The van der Waals surface area contributed by atoms with E-state index in [1.54, 1.807) is 30.3 Å². The molecule has 0 spiro atoms. The first-order valence-corrected chi connectivity index (χ1v) is 11.5. The summed E-state index contributed by atoms with van der Waals surface area (Å²) in [6.45, 7) is 1.97. The molecule has 2 N–H and O–H groups in total. The van der Waals surface area contributed by atoms with E-state index in [1.807, 2.05) is 19.1 Å². The summed E-state index contributed by atoms with van der Waals surface area (Å²) in [6, 6.07) is 15.1. The zero-order valence-electron chi connectivity index (χ0n) is 20.5.